The monoisotopic (exact) mass is 583 g/mol. The van der Waals surface area contributed by atoms with Gasteiger partial charge in [0.1, 0.15) is 5.75 Å². The van der Waals surface area contributed by atoms with Crippen LogP contribution in [-0.2, 0) is 10.4 Å². The zero-order chi connectivity index (χ0) is 29.5. The summed E-state index contributed by atoms with van der Waals surface area (Å²) in [6.07, 6.45) is -1.67. The molecule has 2 amide bonds. The first-order valence-electron chi connectivity index (χ1n) is 13.5. The van der Waals surface area contributed by atoms with Crippen molar-refractivity contribution in [1.82, 2.24) is 10.2 Å². The molecule has 3 rings (SSSR count). The third-order valence-corrected chi connectivity index (χ3v) is 7.37. The number of carbonyl (C=O) groups is 2. The molecule has 0 radical (unpaired) electrons. The predicted octanol–water partition coefficient (Wildman–Crippen LogP) is 5.76. The number of hydrogen-bond acceptors (Lipinski definition) is 5. The van der Waals surface area contributed by atoms with Gasteiger partial charge in [-0.15, -0.1) is 0 Å². The van der Waals surface area contributed by atoms with Gasteiger partial charge in [-0.3, -0.25) is 9.59 Å². The number of alkyl halides is 3. The number of piperidine rings is 1. The second-order valence-electron chi connectivity index (χ2n) is 10.3. The highest BCUT2D eigenvalue weighted by Gasteiger charge is 2.62. The summed E-state index contributed by atoms with van der Waals surface area (Å²) in [6.45, 7) is 4.47. The van der Waals surface area contributed by atoms with E-state index in [1.165, 1.54) is 12.1 Å². The van der Waals surface area contributed by atoms with Crippen LogP contribution in [0.1, 0.15) is 61.9 Å². The van der Waals surface area contributed by atoms with Gasteiger partial charge < -0.3 is 25.4 Å². The molecule has 40 heavy (non-hydrogen) atoms. The highest BCUT2D eigenvalue weighted by Crippen LogP contribution is 2.42. The first kappa shape index (κ1) is 31.5. The number of benzene rings is 2. The van der Waals surface area contributed by atoms with Crippen LogP contribution in [0.15, 0.2) is 42.5 Å². The third-order valence-electron chi connectivity index (χ3n) is 7.05. The number of nitrogens with zero attached hydrogens (tertiary/aromatic N) is 1. The molecule has 0 unspecified atom stereocenters. The molecule has 3 N–H and O–H groups in total. The van der Waals surface area contributed by atoms with Gasteiger partial charge in [0.25, 0.3) is 17.4 Å². The highest BCUT2D eigenvalue weighted by molar-refractivity contribution is 6.34. The summed E-state index contributed by atoms with van der Waals surface area (Å²) in [5.74, 6) is -1.17. The zero-order valence-corrected chi connectivity index (χ0v) is 23.7. The second kappa shape index (κ2) is 13.6. The van der Waals surface area contributed by atoms with Crippen LogP contribution < -0.4 is 15.4 Å². The number of amides is 2. The van der Waals surface area contributed by atoms with Crippen molar-refractivity contribution >= 4 is 29.1 Å². The molecule has 2 aromatic carbocycles. The summed E-state index contributed by atoms with van der Waals surface area (Å²) < 4.78 is 47.9. The second-order valence-corrected chi connectivity index (χ2v) is 10.7. The minimum absolute atomic E-state index is 0.151. The Hall–Kier alpha value is -2.98. The van der Waals surface area contributed by atoms with Crippen molar-refractivity contribution in [2.45, 2.75) is 63.8 Å². The van der Waals surface area contributed by atoms with E-state index < -0.39 is 23.2 Å². The van der Waals surface area contributed by atoms with E-state index in [0.717, 1.165) is 42.0 Å². The van der Waals surface area contributed by atoms with E-state index in [-0.39, 0.29) is 36.8 Å². The lowest BCUT2D eigenvalue weighted by molar-refractivity contribution is -0.262. The lowest BCUT2D eigenvalue weighted by atomic mass is 9.87. The van der Waals surface area contributed by atoms with E-state index in [4.69, 9.17) is 16.3 Å². The minimum Gasteiger partial charge on any atom is -0.491 e. The van der Waals surface area contributed by atoms with Crippen molar-refractivity contribution in [3.05, 3.63) is 58.6 Å². The molecule has 0 aliphatic carbocycles. The van der Waals surface area contributed by atoms with Crippen molar-refractivity contribution in [1.29, 1.82) is 0 Å². The van der Waals surface area contributed by atoms with Crippen LogP contribution >= 0.6 is 11.6 Å². The fraction of sp³-hybridized carbons (Fsp3) is 0.517. The van der Waals surface area contributed by atoms with Gasteiger partial charge in [-0.1, -0.05) is 36.6 Å². The van der Waals surface area contributed by atoms with Crippen molar-refractivity contribution in [2.75, 3.05) is 32.0 Å². The van der Waals surface area contributed by atoms with Gasteiger partial charge in [-0.05, 0) is 69.4 Å². The predicted molar refractivity (Wildman–Crippen MR) is 149 cm³/mol. The van der Waals surface area contributed by atoms with E-state index in [1.54, 1.807) is 39.1 Å². The molecule has 1 aliphatic heterocycles. The number of halogens is 4. The van der Waals surface area contributed by atoms with Gasteiger partial charge in [-0.25, -0.2) is 0 Å². The summed E-state index contributed by atoms with van der Waals surface area (Å²) in [4.78, 5) is 26.0. The van der Waals surface area contributed by atoms with Crippen LogP contribution in [0.3, 0.4) is 0 Å². The Morgan fingerprint density at radius 3 is 2.42 bits per heavy atom. The quantitative estimate of drug-likeness (QED) is 0.293. The molecule has 1 fully saturated rings. The van der Waals surface area contributed by atoms with E-state index in [0.29, 0.717) is 30.0 Å². The van der Waals surface area contributed by atoms with Gasteiger partial charge in [0.2, 0.25) is 0 Å². The number of rotatable bonds is 11. The Morgan fingerprint density at radius 1 is 1.12 bits per heavy atom. The van der Waals surface area contributed by atoms with Gasteiger partial charge in [0, 0.05) is 37.9 Å². The Kier molecular flexibility index (Phi) is 10.7. The summed E-state index contributed by atoms with van der Waals surface area (Å²) in [7, 11) is 1.54. The largest absolute Gasteiger partial charge is 0.491 e. The summed E-state index contributed by atoms with van der Waals surface area (Å²) in [5, 5.41) is 17.0. The van der Waals surface area contributed by atoms with Crippen molar-refractivity contribution in [2.24, 2.45) is 5.92 Å². The number of carbonyl (C=O) groups excluding carboxylic acids is 2. The molecular formula is C29H37ClF3N3O4. The standard InChI is InChI=1S/C29H37ClF3N3O4/c1-19(2)40-23-9-6-8-21(17-23)28(39,29(31,32)33)27(38)36-15-12-20(13-16-36)7-4-5-14-35-22-10-11-24(25(30)18-22)26(37)34-3/h6,8-11,17-20,35,39H,4-5,7,12-16H2,1-3H3,(H,34,37)/t28-/m0/s1. The molecule has 11 heteroatoms. The van der Waals surface area contributed by atoms with Gasteiger partial charge >= 0.3 is 6.18 Å². The first-order valence-corrected chi connectivity index (χ1v) is 13.9. The summed E-state index contributed by atoms with van der Waals surface area (Å²) >= 11 is 6.18. The molecule has 0 bridgehead atoms. The summed E-state index contributed by atoms with van der Waals surface area (Å²) in [5.41, 5.74) is -2.99. The summed E-state index contributed by atoms with van der Waals surface area (Å²) in [6, 6.07) is 10.2. The number of nitrogens with one attached hydrogen (secondary N) is 2. The number of likely N-dealkylation sites (tertiary alicyclic amines) is 1. The Balaban J connectivity index is 1.50. The minimum atomic E-state index is -5.20. The van der Waals surface area contributed by atoms with E-state index in [9.17, 15) is 27.9 Å². The smallest absolute Gasteiger partial charge is 0.430 e. The van der Waals surface area contributed by atoms with E-state index >= 15 is 0 Å². The number of aliphatic hydroxyl groups is 1. The Labute approximate surface area is 238 Å². The first-order chi connectivity index (χ1) is 18.9. The normalized spacial score (nSPS) is 16.0. The molecule has 1 aliphatic rings. The number of unbranched alkanes of at least 4 members (excludes halogenated alkanes) is 1. The Morgan fingerprint density at radius 2 is 1.82 bits per heavy atom. The third kappa shape index (κ3) is 7.60. The average molecular weight is 584 g/mol. The molecule has 0 spiro atoms. The van der Waals surface area contributed by atoms with Crippen LogP contribution in [0, 0.1) is 5.92 Å². The molecule has 2 aromatic rings. The van der Waals surface area contributed by atoms with Crippen LogP contribution in [0.25, 0.3) is 0 Å². The zero-order valence-electron chi connectivity index (χ0n) is 23.0. The molecule has 1 saturated heterocycles. The van der Waals surface area contributed by atoms with Crippen molar-refractivity contribution in [3.63, 3.8) is 0 Å². The van der Waals surface area contributed by atoms with Crippen LogP contribution in [0.5, 0.6) is 5.75 Å². The van der Waals surface area contributed by atoms with Crippen molar-refractivity contribution in [3.8, 4) is 5.75 Å². The fourth-order valence-electron chi connectivity index (χ4n) is 4.86. The number of anilines is 1. The van der Waals surface area contributed by atoms with Gasteiger partial charge in [-0.2, -0.15) is 13.2 Å². The lowest BCUT2D eigenvalue weighted by Gasteiger charge is -2.38. The number of hydrogen-bond donors (Lipinski definition) is 3. The molecule has 1 atom stereocenters. The van der Waals surface area contributed by atoms with Gasteiger partial charge in [0.05, 0.1) is 16.7 Å². The van der Waals surface area contributed by atoms with Gasteiger partial charge in [0.15, 0.2) is 0 Å². The van der Waals surface area contributed by atoms with E-state index in [2.05, 4.69) is 10.6 Å². The molecule has 1 heterocycles. The van der Waals surface area contributed by atoms with Crippen molar-refractivity contribution < 1.29 is 32.6 Å². The molecule has 0 aromatic heterocycles. The molecule has 0 saturated carbocycles. The maximum absolute atomic E-state index is 14.2. The van der Waals surface area contributed by atoms with Crippen LogP contribution in [0.4, 0.5) is 18.9 Å². The van der Waals surface area contributed by atoms with Crippen LogP contribution in [0.2, 0.25) is 5.02 Å². The van der Waals surface area contributed by atoms with Crippen LogP contribution in [-0.4, -0.2) is 60.8 Å². The Bertz CT molecular complexity index is 1170. The lowest BCUT2D eigenvalue weighted by Crippen LogP contribution is -2.57. The average Bonchev–Trinajstić information content (AvgIpc) is 2.91. The molecular weight excluding hydrogens is 547 g/mol. The SMILES string of the molecule is CNC(=O)c1ccc(NCCCCC2CCN(C(=O)[C@@](O)(c3cccc(OC(C)C)c3)C(F)(F)F)CC2)cc1Cl. The molecule has 220 valence electrons. The number of ether oxygens (including phenoxy) is 1. The maximum atomic E-state index is 14.2. The maximum Gasteiger partial charge on any atom is 0.430 e. The fourth-order valence-corrected chi connectivity index (χ4v) is 5.13. The van der Waals surface area contributed by atoms with E-state index in [1.807, 2.05) is 0 Å². The molecule has 7 nitrogen and oxygen atoms in total. The topological polar surface area (TPSA) is 90.9 Å². The highest BCUT2D eigenvalue weighted by atomic mass is 35.5.